The number of hydrogen-bond acceptors (Lipinski definition) is 4. The van der Waals surface area contributed by atoms with Crippen LogP contribution in [0, 0.1) is 5.92 Å². The van der Waals surface area contributed by atoms with E-state index in [1.807, 2.05) is 0 Å². The smallest absolute Gasteiger partial charge is 0.223 e. The molecule has 1 amide bonds. The van der Waals surface area contributed by atoms with Gasteiger partial charge in [0.1, 0.15) is 5.75 Å². The average Bonchev–Trinajstić information content (AvgIpc) is 2.64. The third kappa shape index (κ3) is 2.55. The molecule has 1 aliphatic heterocycles. The van der Waals surface area contributed by atoms with E-state index in [-0.39, 0.29) is 24.6 Å². The number of carboxylic acids is 1. The molecule has 1 fully saturated rings. The van der Waals surface area contributed by atoms with Crippen molar-refractivity contribution in [3.05, 3.63) is 29.8 Å². The van der Waals surface area contributed by atoms with Crippen molar-refractivity contribution >= 4 is 11.9 Å². The number of amides is 1. The van der Waals surface area contributed by atoms with Gasteiger partial charge in [0.05, 0.1) is 0 Å². The summed E-state index contributed by atoms with van der Waals surface area (Å²) in [5, 5.41) is 19.8. The second-order valence-corrected chi connectivity index (χ2v) is 4.16. The molecule has 2 rings (SSSR count). The summed E-state index contributed by atoms with van der Waals surface area (Å²) in [6.07, 6.45) is 0.0143. The third-order valence-electron chi connectivity index (χ3n) is 2.86. The van der Waals surface area contributed by atoms with Crippen LogP contribution >= 0.6 is 0 Å². The van der Waals surface area contributed by atoms with Gasteiger partial charge >= 0.3 is 0 Å². The number of rotatable bonds is 3. The summed E-state index contributed by atoms with van der Waals surface area (Å²) < 4.78 is 0. The van der Waals surface area contributed by atoms with Crippen LogP contribution in [0.1, 0.15) is 12.0 Å². The van der Waals surface area contributed by atoms with Gasteiger partial charge in [-0.15, -0.1) is 0 Å². The first-order chi connectivity index (χ1) is 8.06. The minimum Gasteiger partial charge on any atom is -0.550 e. The fourth-order valence-corrected chi connectivity index (χ4v) is 1.90. The molecule has 5 heteroatoms. The molecule has 1 aliphatic rings. The van der Waals surface area contributed by atoms with Gasteiger partial charge in [-0.25, -0.2) is 0 Å². The Labute approximate surface area is 98.3 Å². The number of hydrogen-bond donors (Lipinski definition) is 1. The van der Waals surface area contributed by atoms with E-state index >= 15 is 0 Å². The highest BCUT2D eigenvalue weighted by molar-refractivity contribution is 5.85. The van der Waals surface area contributed by atoms with Gasteiger partial charge in [0, 0.05) is 31.4 Å². The van der Waals surface area contributed by atoms with Crippen molar-refractivity contribution < 1.29 is 19.8 Å². The van der Waals surface area contributed by atoms with Crippen LogP contribution in [0.3, 0.4) is 0 Å². The molecule has 0 radical (unpaired) electrons. The molecule has 0 aromatic heterocycles. The van der Waals surface area contributed by atoms with Crippen LogP contribution in [-0.4, -0.2) is 28.4 Å². The van der Waals surface area contributed by atoms with Crippen LogP contribution in [0.5, 0.6) is 5.75 Å². The number of likely N-dealkylation sites (tertiary alicyclic amines) is 1. The first kappa shape index (κ1) is 11.4. The van der Waals surface area contributed by atoms with Crippen molar-refractivity contribution in [3.63, 3.8) is 0 Å². The second kappa shape index (κ2) is 4.45. The van der Waals surface area contributed by atoms with Crippen molar-refractivity contribution in [2.24, 2.45) is 5.92 Å². The van der Waals surface area contributed by atoms with Crippen LogP contribution < -0.4 is 5.11 Å². The molecule has 1 N–H and O–H groups in total. The Balaban J connectivity index is 2.02. The Morgan fingerprint density at radius 3 is 2.59 bits per heavy atom. The van der Waals surface area contributed by atoms with Crippen LogP contribution in [-0.2, 0) is 16.1 Å². The maximum atomic E-state index is 11.5. The zero-order chi connectivity index (χ0) is 12.4. The van der Waals surface area contributed by atoms with E-state index in [2.05, 4.69) is 0 Å². The highest BCUT2D eigenvalue weighted by Gasteiger charge is 2.30. The fraction of sp³-hybridized carbons (Fsp3) is 0.333. The fourth-order valence-electron chi connectivity index (χ4n) is 1.90. The normalized spacial score (nSPS) is 19.6. The molecule has 1 heterocycles. The van der Waals surface area contributed by atoms with E-state index in [0.29, 0.717) is 6.54 Å². The van der Waals surface area contributed by atoms with Gasteiger partial charge in [-0.05, 0) is 17.7 Å². The molecule has 0 saturated carbocycles. The maximum Gasteiger partial charge on any atom is 0.223 e. The standard InChI is InChI=1S/C12H13NO4/c14-10-3-1-8(2-4-10)6-13-7-9(12(16)17)5-11(13)15/h1-4,9,14H,5-7H2,(H,16,17)/p-1/t9-/m1/s1. The quantitative estimate of drug-likeness (QED) is 0.763. The Morgan fingerprint density at radius 2 is 2.06 bits per heavy atom. The zero-order valence-electron chi connectivity index (χ0n) is 9.13. The molecule has 1 atom stereocenters. The molecule has 1 aromatic rings. The highest BCUT2D eigenvalue weighted by Crippen LogP contribution is 2.20. The van der Waals surface area contributed by atoms with E-state index in [4.69, 9.17) is 5.11 Å². The molecule has 1 aromatic carbocycles. The van der Waals surface area contributed by atoms with Crippen molar-refractivity contribution in [2.45, 2.75) is 13.0 Å². The molecule has 17 heavy (non-hydrogen) atoms. The minimum atomic E-state index is -1.17. The zero-order valence-corrected chi connectivity index (χ0v) is 9.13. The summed E-state index contributed by atoms with van der Waals surface area (Å²) in [6.45, 7) is 0.560. The van der Waals surface area contributed by atoms with Crippen LogP contribution in [0.4, 0.5) is 0 Å². The monoisotopic (exact) mass is 234 g/mol. The summed E-state index contributed by atoms with van der Waals surface area (Å²) in [7, 11) is 0. The molecule has 0 bridgehead atoms. The number of aliphatic carboxylic acids is 1. The van der Waals surface area contributed by atoms with Crippen LogP contribution in [0.15, 0.2) is 24.3 Å². The molecule has 0 unspecified atom stereocenters. The first-order valence-corrected chi connectivity index (χ1v) is 5.33. The number of phenols is 1. The number of carboxylic acid groups (broad SMARTS) is 1. The average molecular weight is 234 g/mol. The number of carbonyl (C=O) groups excluding carboxylic acids is 2. The lowest BCUT2D eigenvalue weighted by atomic mass is 10.1. The SMILES string of the molecule is O=C([O-])[C@@H]1CC(=O)N(Cc2ccc(O)cc2)C1. The van der Waals surface area contributed by atoms with E-state index < -0.39 is 11.9 Å². The number of phenolic OH excluding ortho intramolecular Hbond substituents is 1. The van der Waals surface area contributed by atoms with E-state index in [1.165, 1.54) is 17.0 Å². The Bertz CT molecular complexity index is 440. The third-order valence-corrected chi connectivity index (χ3v) is 2.86. The lowest BCUT2D eigenvalue weighted by Gasteiger charge is -2.17. The van der Waals surface area contributed by atoms with Gasteiger partial charge in [0.2, 0.25) is 5.91 Å². The summed E-state index contributed by atoms with van der Waals surface area (Å²) in [6, 6.07) is 6.47. The van der Waals surface area contributed by atoms with Crippen LogP contribution in [0.2, 0.25) is 0 Å². The lowest BCUT2D eigenvalue weighted by Crippen LogP contribution is -2.33. The van der Waals surface area contributed by atoms with Crippen molar-refractivity contribution in [1.29, 1.82) is 0 Å². The van der Waals surface area contributed by atoms with Gasteiger partial charge in [-0.1, -0.05) is 12.1 Å². The molecule has 0 spiro atoms. The van der Waals surface area contributed by atoms with Gasteiger partial charge in [0.25, 0.3) is 0 Å². The molecule has 90 valence electrons. The summed E-state index contributed by atoms with van der Waals surface area (Å²) in [5.41, 5.74) is 0.857. The number of nitrogens with zero attached hydrogens (tertiary/aromatic N) is 1. The number of aromatic hydroxyl groups is 1. The second-order valence-electron chi connectivity index (χ2n) is 4.16. The number of benzene rings is 1. The van der Waals surface area contributed by atoms with Crippen LogP contribution in [0.25, 0.3) is 0 Å². The van der Waals surface area contributed by atoms with Crippen molar-refractivity contribution in [1.82, 2.24) is 4.90 Å². The largest absolute Gasteiger partial charge is 0.550 e. The van der Waals surface area contributed by atoms with E-state index in [0.717, 1.165) is 5.56 Å². The Hall–Kier alpha value is -2.04. The Morgan fingerprint density at radius 1 is 1.41 bits per heavy atom. The predicted octanol–water partition coefficient (Wildman–Crippen LogP) is -0.509. The maximum absolute atomic E-state index is 11.5. The summed E-state index contributed by atoms with van der Waals surface area (Å²) in [4.78, 5) is 23.7. The van der Waals surface area contributed by atoms with Gasteiger partial charge in [-0.2, -0.15) is 0 Å². The van der Waals surface area contributed by atoms with Gasteiger partial charge in [-0.3, -0.25) is 4.79 Å². The molecule has 1 saturated heterocycles. The van der Waals surface area contributed by atoms with Crippen molar-refractivity contribution in [2.75, 3.05) is 6.54 Å². The topological polar surface area (TPSA) is 80.7 Å². The molecule has 5 nitrogen and oxygen atoms in total. The first-order valence-electron chi connectivity index (χ1n) is 5.33. The lowest BCUT2D eigenvalue weighted by molar-refractivity contribution is -0.311. The van der Waals surface area contributed by atoms with E-state index in [9.17, 15) is 14.7 Å². The van der Waals surface area contributed by atoms with E-state index in [1.54, 1.807) is 12.1 Å². The summed E-state index contributed by atoms with van der Waals surface area (Å²) in [5.74, 6) is -1.90. The van der Waals surface area contributed by atoms with Crippen molar-refractivity contribution in [3.8, 4) is 5.75 Å². The minimum absolute atomic E-state index is 0.0143. The number of carbonyl (C=O) groups is 2. The highest BCUT2D eigenvalue weighted by atomic mass is 16.4. The molecular weight excluding hydrogens is 222 g/mol. The predicted molar refractivity (Wildman–Crippen MR) is 56.6 cm³/mol. The molecular formula is C12H12NO4-. The molecule has 0 aliphatic carbocycles. The van der Waals surface area contributed by atoms with Gasteiger partial charge < -0.3 is 19.9 Å². The Kier molecular flexibility index (Phi) is 2.99. The summed E-state index contributed by atoms with van der Waals surface area (Å²) >= 11 is 0. The van der Waals surface area contributed by atoms with Gasteiger partial charge in [0.15, 0.2) is 0 Å².